The molecule has 3 heteroatoms. The van der Waals surface area contributed by atoms with Gasteiger partial charge in [0.15, 0.2) is 0 Å². The van der Waals surface area contributed by atoms with Crippen molar-refractivity contribution in [3.05, 3.63) is 29.3 Å². The minimum absolute atomic E-state index is 0.385. The first kappa shape index (κ1) is 15.3. The monoisotopic (exact) mass is 276 g/mol. The summed E-state index contributed by atoms with van der Waals surface area (Å²) in [7, 11) is 3.81. The maximum atomic E-state index is 5.40. The summed E-state index contributed by atoms with van der Waals surface area (Å²) < 4.78 is 5.40. The third-order valence-corrected chi connectivity index (χ3v) is 4.55. The lowest BCUT2D eigenvalue weighted by Crippen LogP contribution is -2.49. The highest BCUT2D eigenvalue weighted by Gasteiger charge is 2.33. The Morgan fingerprint density at radius 1 is 1.40 bits per heavy atom. The second kappa shape index (κ2) is 6.59. The fourth-order valence-corrected chi connectivity index (χ4v) is 3.58. The van der Waals surface area contributed by atoms with Gasteiger partial charge in [0.05, 0.1) is 7.11 Å². The minimum Gasteiger partial charge on any atom is -0.497 e. The van der Waals surface area contributed by atoms with Crippen LogP contribution in [0.15, 0.2) is 18.2 Å². The first-order chi connectivity index (χ1) is 9.62. The highest BCUT2D eigenvalue weighted by atomic mass is 16.5. The van der Waals surface area contributed by atoms with E-state index in [0.717, 1.165) is 18.7 Å². The molecule has 0 amide bonds. The molecular weight excluding hydrogens is 248 g/mol. The third-order valence-electron chi connectivity index (χ3n) is 4.55. The maximum Gasteiger partial charge on any atom is 0.119 e. The topological polar surface area (TPSA) is 24.5 Å². The molecule has 1 aromatic rings. The largest absolute Gasteiger partial charge is 0.497 e. The van der Waals surface area contributed by atoms with E-state index in [9.17, 15) is 0 Å². The van der Waals surface area contributed by atoms with Crippen LogP contribution in [0.2, 0.25) is 0 Å². The van der Waals surface area contributed by atoms with Crippen molar-refractivity contribution in [2.75, 3.05) is 20.7 Å². The van der Waals surface area contributed by atoms with Crippen LogP contribution in [0.4, 0.5) is 0 Å². The Hall–Kier alpha value is -1.06. The van der Waals surface area contributed by atoms with Crippen molar-refractivity contribution in [2.24, 2.45) is 0 Å². The van der Waals surface area contributed by atoms with Gasteiger partial charge in [-0.15, -0.1) is 0 Å². The van der Waals surface area contributed by atoms with E-state index < -0.39 is 0 Å². The molecule has 0 fully saturated rings. The van der Waals surface area contributed by atoms with Crippen LogP contribution < -0.4 is 10.1 Å². The van der Waals surface area contributed by atoms with E-state index in [1.807, 2.05) is 0 Å². The SMILES string of the molecule is CCN(C(C)C)C1CCc2ccc(OC)cc2C1NC. The van der Waals surface area contributed by atoms with Gasteiger partial charge in [-0.3, -0.25) is 4.90 Å². The van der Waals surface area contributed by atoms with Crippen LogP contribution in [0, 0.1) is 0 Å². The highest BCUT2D eigenvalue weighted by Crippen LogP contribution is 2.35. The molecule has 1 aliphatic carbocycles. The van der Waals surface area contributed by atoms with Crippen molar-refractivity contribution >= 4 is 0 Å². The molecule has 0 aromatic heterocycles. The van der Waals surface area contributed by atoms with Crippen molar-refractivity contribution in [1.82, 2.24) is 10.2 Å². The predicted molar refractivity (Wildman–Crippen MR) is 84.4 cm³/mol. The van der Waals surface area contributed by atoms with E-state index in [1.54, 1.807) is 7.11 Å². The van der Waals surface area contributed by atoms with E-state index in [0.29, 0.717) is 18.1 Å². The van der Waals surface area contributed by atoms with Gasteiger partial charge in [-0.1, -0.05) is 13.0 Å². The lowest BCUT2D eigenvalue weighted by molar-refractivity contribution is 0.116. The van der Waals surface area contributed by atoms with Gasteiger partial charge in [0, 0.05) is 18.1 Å². The molecule has 2 rings (SSSR count). The first-order valence-electron chi connectivity index (χ1n) is 7.72. The van der Waals surface area contributed by atoms with E-state index in [-0.39, 0.29) is 0 Å². The Bertz CT molecular complexity index is 445. The quantitative estimate of drug-likeness (QED) is 0.895. The van der Waals surface area contributed by atoms with Gasteiger partial charge in [0.2, 0.25) is 0 Å². The number of ether oxygens (including phenoxy) is 1. The molecule has 1 aliphatic rings. The van der Waals surface area contributed by atoms with Crippen molar-refractivity contribution in [3.8, 4) is 5.75 Å². The third kappa shape index (κ3) is 2.84. The van der Waals surface area contributed by atoms with Gasteiger partial charge in [0.25, 0.3) is 0 Å². The highest BCUT2D eigenvalue weighted by molar-refractivity contribution is 5.40. The summed E-state index contributed by atoms with van der Waals surface area (Å²) in [5.74, 6) is 0.956. The summed E-state index contributed by atoms with van der Waals surface area (Å²) >= 11 is 0. The molecule has 0 saturated carbocycles. The molecule has 20 heavy (non-hydrogen) atoms. The van der Waals surface area contributed by atoms with Crippen molar-refractivity contribution in [2.45, 2.75) is 51.7 Å². The van der Waals surface area contributed by atoms with Crippen LogP contribution in [0.5, 0.6) is 5.75 Å². The number of aryl methyl sites for hydroxylation is 1. The first-order valence-corrected chi connectivity index (χ1v) is 7.72. The van der Waals surface area contributed by atoms with Crippen molar-refractivity contribution in [1.29, 1.82) is 0 Å². The fourth-order valence-electron chi connectivity index (χ4n) is 3.58. The molecule has 0 bridgehead atoms. The zero-order valence-corrected chi connectivity index (χ0v) is 13.4. The smallest absolute Gasteiger partial charge is 0.119 e. The summed E-state index contributed by atoms with van der Waals surface area (Å²) in [6.45, 7) is 7.93. The summed E-state index contributed by atoms with van der Waals surface area (Å²) in [4.78, 5) is 2.60. The molecule has 112 valence electrons. The van der Waals surface area contributed by atoms with Crippen molar-refractivity contribution in [3.63, 3.8) is 0 Å². The lowest BCUT2D eigenvalue weighted by Gasteiger charge is -2.42. The molecule has 1 N–H and O–H groups in total. The van der Waals surface area contributed by atoms with Gasteiger partial charge >= 0.3 is 0 Å². The standard InChI is InChI=1S/C17H28N2O/c1-6-19(12(2)3)16-10-8-13-7-9-14(20-5)11-15(13)17(16)18-4/h7,9,11-12,16-18H,6,8,10H2,1-5H3. The van der Waals surface area contributed by atoms with Crippen LogP contribution >= 0.6 is 0 Å². The normalized spacial score (nSPS) is 22.1. The predicted octanol–water partition coefficient (Wildman–Crippen LogP) is 3.00. The Balaban J connectivity index is 2.35. The molecule has 0 aliphatic heterocycles. The minimum atomic E-state index is 0.385. The van der Waals surface area contributed by atoms with Crippen LogP contribution in [0.25, 0.3) is 0 Å². The number of hydrogen-bond donors (Lipinski definition) is 1. The molecule has 0 saturated heterocycles. The second-order valence-corrected chi connectivity index (χ2v) is 5.86. The Labute approximate surface area is 123 Å². The number of hydrogen-bond acceptors (Lipinski definition) is 3. The Kier molecular flexibility index (Phi) is 5.06. The average molecular weight is 276 g/mol. The number of rotatable bonds is 5. The van der Waals surface area contributed by atoms with Gasteiger partial charge in [-0.25, -0.2) is 0 Å². The summed E-state index contributed by atoms with van der Waals surface area (Å²) in [6.07, 6.45) is 2.38. The van der Waals surface area contributed by atoms with Gasteiger partial charge in [-0.05, 0) is 63.5 Å². The lowest BCUT2D eigenvalue weighted by atomic mass is 9.82. The van der Waals surface area contributed by atoms with E-state index in [2.05, 4.69) is 56.2 Å². The molecule has 1 aromatic carbocycles. The number of benzene rings is 1. The molecular formula is C17H28N2O. The molecule has 2 atom stereocenters. The van der Waals surface area contributed by atoms with E-state index in [4.69, 9.17) is 4.74 Å². The average Bonchev–Trinajstić information content (AvgIpc) is 2.46. The van der Waals surface area contributed by atoms with Gasteiger partial charge in [-0.2, -0.15) is 0 Å². The number of likely N-dealkylation sites (N-methyl/N-ethyl adjacent to an activating group) is 2. The van der Waals surface area contributed by atoms with Crippen LogP contribution in [-0.4, -0.2) is 37.7 Å². The van der Waals surface area contributed by atoms with Crippen molar-refractivity contribution < 1.29 is 4.74 Å². The summed E-state index contributed by atoms with van der Waals surface area (Å²) in [5, 5.41) is 3.53. The zero-order valence-electron chi connectivity index (χ0n) is 13.4. The molecule has 3 nitrogen and oxygen atoms in total. The maximum absolute atomic E-state index is 5.40. The number of nitrogens with one attached hydrogen (secondary N) is 1. The Morgan fingerprint density at radius 2 is 2.15 bits per heavy atom. The van der Waals surface area contributed by atoms with Crippen LogP contribution in [0.1, 0.15) is 44.4 Å². The number of methoxy groups -OCH3 is 1. The van der Waals surface area contributed by atoms with Crippen LogP contribution in [-0.2, 0) is 6.42 Å². The summed E-state index contributed by atoms with van der Waals surface area (Å²) in [6, 6.07) is 8.03. The number of fused-ring (bicyclic) bond motifs is 1. The van der Waals surface area contributed by atoms with E-state index >= 15 is 0 Å². The molecule has 0 spiro atoms. The number of nitrogens with zero attached hydrogens (tertiary/aromatic N) is 1. The van der Waals surface area contributed by atoms with E-state index in [1.165, 1.54) is 17.5 Å². The Morgan fingerprint density at radius 3 is 2.70 bits per heavy atom. The molecule has 2 unspecified atom stereocenters. The summed E-state index contributed by atoms with van der Waals surface area (Å²) in [5.41, 5.74) is 2.86. The van der Waals surface area contributed by atoms with Gasteiger partial charge in [0.1, 0.15) is 5.75 Å². The van der Waals surface area contributed by atoms with Gasteiger partial charge < -0.3 is 10.1 Å². The second-order valence-electron chi connectivity index (χ2n) is 5.86. The molecule has 0 heterocycles. The fraction of sp³-hybridized carbons (Fsp3) is 0.647. The molecule has 0 radical (unpaired) electrons. The van der Waals surface area contributed by atoms with Crippen LogP contribution in [0.3, 0.4) is 0 Å². The zero-order chi connectivity index (χ0) is 14.7.